The van der Waals surface area contributed by atoms with Crippen molar-refractivity contribution < 1.29 is 9.53 Å². The van der Waals surface area contributed by atoms with Crippen molar-refractivity contribution in [3.8, 4) is 0 Å². The molecule has 0 spiro atoms. The van der Waals surface area contributed by atoms with Crippen molar-refractivity contribution in [1.82, 2.24) is 6.15 Å². The molecule has 126 valence electrons. The molecule has 0 heterocycles. The molecule has 0 saturated carbocycles. The summed E-state index contributed by atoms with van der Waals surface area (Å²) in [5.74, 6) is -0.202. The SMILES string of the molecule is CCCCCCCCCCCCOC(=O)c1ccccc1.N. The largest absolute Gasteiger partial charge is 0.462 e. The smallest absolute Gasteiger partial charge is 0.338 e. The van der Waals surface area contributed by atoms with Crippen molar-refractivity contribution in [2.45, 2.75) is 71.1 Å². The lowest BCUT2D eigenvalue weighted by atomic mass is 10.1. The first-order valence-electron chi connectivity index (χ1n) is 8.56. The predicted octanol–water partition coefficient (Wildman–Crippen LogP) is 5.93. The van der Waals surface area contributed by atoms with Gasteiger partial charge in [-0.3, -0.25) is 0 Å². The summed E-state index contributed by atoms with van der Waals surface area (Å²) in [6.45, 7) is 2.80. The number of rotatable bonds is 12. The van der Waals surface area contributed by atoms with Gasteiger partial charge >= 0.3 is 5.97 Å². The van der Waals surface area contributed by atoms with Crippen LogP contribution in [-0.2, 0) is 4.74 Å². The second-order valence-electron chi connectivity index (χ2n) is 5.68. The van der Waals surface area contributed by atoms with Crippen LogP contribution < -0.4 is 6.15 Å². The first-order valence-corrected chi connectivity index (χ1v) is 8.56. The molecule has 0 saturated heterocycles. The number of esters is 1. The van der Waals surface area contributed by atoms with Gasteiger partial charge in [0.05, 0.1) is 12.2 Å². The zero-order valence-corrected chi connectivity index (χ0v) is 14.2. The van der Waals surface area contributed by atoms with Gasteiger partial charge in [-0.05, 0) is 18.6 Å². The monoisotopic (exact) mass is 307 g/mol. The Morgan fingerprint density at radius 1 is 0.818 bits per heavy atom. The summed E-state index contributed by atoms with van der Waals surface area (Å²) in [6.07, 6.45) is 12.9. The summed E-state index contributed by atoms with van der Waals surface area (Å²) in [7, 11) is 0. The molecule has 0 fully saturated rings. The van der Waals surface area contributed by atoms with Crippen molar-refractivity contribution in [2.24, 2.45) is 0 Å². The molecule has 3 nitrogen and oxygen atoms in total. The Kier molecular flexibility index (Phi) is 13.7. The highest BCUT2D eigenvalue weighted by molar-refractivity contribution is 5.89. The molecule has 0 bridgehead atoms. The first-order chi connectivity index (χ1) is 10.3. The van der Waals surface area contributed by atoms with Gasteiger partial charge in [-0.15, -0.1) is 0 Å². The third kappa shape index (κ3) is 10.4. The van der Waals surface area contributed by atoms with Crippen LogP contribution in [0.25, 0.3) is 0 Å². The highest BCUT2D eigenvalue weighted by Crippen LogP contribution is 2.10. The Hall–Kier alpha value is -1.35. The maximum Gasteiger partial charge on any atom is 0.338 e. The van der Waals surface area contributed by atoms with E-state index < -0.39 is 0 Å². The van der Waals surface area contributed by atoms with Crippen LogP contribution >= 0.6 is 0 Å². The molecule has 22 heavy (non-hydrogen) atoms. The minimum Gasteiger partial charge on any atom is -0.462 e. The van der Waals surface area contributed by atoms with Gasteiger partial charge < -0.3 is 10.9 Å². The summed E-state index contributed by atoms with van der Waals surface area (Å²) in [5.41, 5.74) is 0.643. The van der Waals surface area contributed by atoms with Crippen molar-refractivity contribution in [1.29, 1.82) is 0 Å². The second-order valence-corrected chi connectivity index (χ2v) is 5.68. The van der Waals surface area contributed by atoms with Crippen molar-refractivity contribution in [3.05, 3.63) is 35.9 Å². The molecule has 1 aromatic rings. The lowest BCUT2D eigenvalue weighted by Gasteiger charge is -2.05. The molecule has 1 aromatic carbocycles. The van der Waals surface area contributed by atoms with Gasteiger partial charge in [-0.2, -0.15) is 0 Å². The Bertz CT molecular complexity index is 365. The molecule has 0 aliphatic carbocycles. The highest BCUT2D eigenvalue weighted by atomic mass is 16.5. The molecule has 0 aliphatic heterocycles. The third-order valence-corrected chi connectivity index (χ3v) is 3.74. The van der Waals surface area contributed by atoms with E-state index in [1.807, 2.05) is 18.2 Å². The summed E-state index contributed by atoms with van der Waals surface area (Å²) in [5, 5.41) is 0. The van der Waals surface area contributed by atoms with Crippen LogP contribution in [0.3, 0.4) is 0 Å². The summed E-state index contributed by atoms with van der Waals surface area (Å²) < 4.78 is 5.26. The lowest BCUT2D eigenvalue weighted by molar-refractivity contribution is 0.0497. The molecule has 3 N–H and O–H groups in total. The number of hydrogen-bond acceptors (Lipinski definition) is 3. The maximum absolute atomic E-state index is 11.7. The molecule has 3 heteroatoms. The molecular formula is C19H33NO2. The van der Waals surface area contributed by atoms with Crippen LogP contribution in [0.1, 0.15) is 81.5 Å². The van der Waals surface area contributed by atoms with E-state index in [-0.39, 0.29) is 12.1 Å². The van der Waals surface area contributed by atoms with Gasteiger partial charge in [0.15, 0.2) is 0 Å². The van der Waals surface area contributed by atoms with E-state index in [1.165, 1.54) is 51.4 Å². The van der Waals surface area contributed by atoms with Crippen molar-refractivity contribution in [3.63, 3.8) is 0 Å². The number of carbonyl (C=O) groups is 1. The molecule has 0 atom stereocenters. The van der Waals surface area contributed by atoms with Crippen LogP contribution in [-0.4, -0.2) is 12.6 Å². The molecular weight excluding hydrogens is 274 g/mol. The maximum atomic E-state index is 11.7. The third-order valence-electron chi connectivity index (χ3n) is 3.74. The van der Waals surface area contributed by atoms with Crippen LogP contribution in [0.4, 0.5) is 0 Å². The number of ether oxygens (including phenoxy) is 1. The van der Waals surface area contributed by atoms with Crippen LogP contribution in [0, 0.1) is 0 Å². The van der Waals surface area contributed by atoms with E-state index in [2.05, 4.69) is 6.92 Å². The van der Waals surface area contributed by atoms with Gasteiger partial charge in [-0.1, -0.05) is 82.9 Å². The molecule has 0 aliphatic rings. The van der Waals surface area contributed by atoms with E-state index in [0.29, 0.717) is 12.2 Å². The van der Waals surface area contributed by atoms with Gasteiger partial charge in [0, 0.05) is 0 Å². The standard InChI is InChI=1S/C19H30O2.H3N/c1-2-3-4-5-6-7-8-9-10-14-17-21-19(20)18-15-12-11-13-16-18;/h11-13,15-16H,2-10,14,17H2,1H3;1H3. The Balaban J connectivity index is 0.00000441. The number of hydrogen-bond donors (Lipinski definition) is 1. The molecule has 0 unspecified atom stereocenters. The van der Waals surface area contributed by atoms with Gasteiger partial charge in [0.25, 0.3) is 0 Å². The van der Waals surface area contributed by atoms with E-state index in [9.17, 15) is 4.79 Å². The summed E-state index contributed by atoms with van der Waals surface area (Å²) >= 11 is 0. The minimum atomic E-state index is -0.202. The quantitative estimate of drug-likeness (QED) is 0.385. The fourth-order valence-electron chi connectivity index (χ4n) is 2.41. The fraction of sp³-hybridized carbons (Fsp3) is 0.632. The fourth-order valence-corrected chi connectivity index (χ4v) is 2.41. The Morgan fingerprint density at radius 2 is 1.32 bits per heavy atom. The van der Waals surface area contributed by atoms with Crippen LogP contribution in [0.2, 0.25) is 0 Å². The van der Waals surface area contributed by atoms with Crippen LogP contribution in [0.15, 0.2) is 30.3 Å². The Morgan fingerprint density at radius 3 is 1.86 bits per heavy atom. The van der Waals surface area contributed by atoms with Crippen molar-refractivity contribution >= 4 is 5.97 Å². The second kappa shape index (κ2) is 14.6. The first kappa shape index (κ1) is 20.6. The number of benzene rings is 1. The summed E-state index contributed by atoms with van der Waals surface area (Å²) in [4.78, 5) is 11.7. The topological polar surface area (TPSA) is 61.3 Å². The van der Waals surface area contributed by atoms with Gasteiger partial charge in [0.1, 0.15) is 0 Å². The minimum absolute atomic E-state index is 0. The van der Waals surface area contributed by atoms with Crippen LogP contribution in [0.5, 0.6) is 0 Å². The van der Waals surface area contributed by atoms with E-state index in [4.69, 9.17) is 4.74 Å². The summed E-state index contributed by atoms with van der Waals surface area (Å²) in [6, 6.07) is 9.20. The van der Waals surface area contributed by atoms with E-state index in [0.717, 1.165) is 12.8 Å². The van der Waals surface area contributed by atoms with Gasteiger partial charge in [-0.25, -0.2) is 4.79 Å². The predicted molar refractivity (Wildman–Crippen MR) is 93.6 cm³/mol. The molecule has 1 rings (SSSR count). The zero-order chi connectivity index (χ0) is 15.2. The molecule has 0 amide bonds. The van der Waals surface area contributed by atoms with Gasteiger partial charge in [0.2, 0.25) is 0 Å². The van der Waals surface area contributed by atoms with Crippen molar-refractivity contribution in [2.75, 3.05) is 6.61 Å². The average Bonchev–Trinajstić information content (AvgIpc) is 2.53. The number of carbonyl (C=O) groups excluding carboxylic acids is 1. The van der Waals surface area contributed by atoms with E-state index >= 15 is 0 Å². The molecule has 0 aromatic heterocycles. The average molecular weight is 307 g/mol. The Labute approximate surface area is 136 Å². The molecule has 0 radical (unpaired) electrons. The number of unbranched alkanes of at least 4 members (excludes halogenated alkanes) is 9. The normalized spacial score (nSPS) is 10.0. The van der Waals surface area contributed by atoms with E-state index in [1.54, 1.807) is 12.1 Å². The lowest BCUT2D eigenvalue weighted by Crippen LogP contribution is -2.06. The highest BCUT2D eigenvalue weighted by Gasteiger charge is 2.04. The zero-order valence-electron chi connectivity index (χ0n) is 14.2.